The number of carboxylic acid groups (broad SMARTS) is 1. The first-order valence-corrected chi connectivity index (χ1v) is 2.87. The Hall–Kier alpha value is -0.610. The van der Waals surface area contributed by atoms with Crippen LogP contribution in [0.25, 0.3) is 0 Å². The Morgan fingerprint density at radius 2 is 2.22 bits per heavy atom. The fourth-order valence-electron chi connectivity index (χ4n) is 0.461. The van der Waals surface area contributed by atoms with Crippen molar-refractivity contribution >= 4 is 5.97 Å². The largest absolute Gasteiger partial charge is 0.480 e. The molecule has 0 aromatic heterocycles. The van der Waals surface area contributed by atoms with Gasteiger partial charge in [-0.25, -0.2) is 0 Å². The maximum atomic E-state index is 10.0. The lowest BCUT2D eigenvalue weighted by Gasteiger charge is -2.02. The highest BCUT2D eigenvalue weighted by molar-refractivity contribution is 5.72. The lowest BCUT2D eigenvalue weighted by atomic mass is 10.2. The highest BCUT2D eigenvalue weighted by Crippen LogP contribution is 1.91. The topological polar surface area (TPSA) is 89.3 Å². The number of aliphatic carboxylic acids is 1. The van der Waals surface area contributed by atoms with Gasteiger partial charge in [0.25, 0.3) is 0 Å². The van der Waals surface area contributed by atoms with E-state index in [0.29, 0.717) is 19.4 Å². The Kier molecular flexibility index (Phi) is 4.00. The van der Waals surface area contributed by atoms with Gasteiger partial charge in [0.05, 0.1) is 0 Å². The second kappa shape index (κ2) is 4.29. The number of carbonyl (C=O) groups is 1. The average Bonchev–Trinajstić information content (AvgIpc) is 1.82. The molecule has 9 heavy (non-hydrogen) atoms. The fourth-order valence-corrected chi connectivity index (χ4v) is 0.461. The highest BCUT2D eigenvalue weighted by atomic mass is 16.4. The minimum Gasteiger partial charge on any atom is -0.480 e. The van der Waals surface area contributed by atoms with Crippen molar-refractivity contribution in [2.75, 3.05) is 6.54 Å². The Labute approximate surface area is 53.8 Å². The summed E-state index contributed by atoms with van der Waals surface area (Å²) >= 11 is 0. The summed E-state index contributed by atoms with van der Waals surface area (Å²) in [4.78, 5) is 10.0. The SMILES string of the molecule is N[13CH2]CC[C@H](N)C(=O)O. The van der Waals surface area contributed by atoms with Gasteiger partial charge in [0.1, 0.15) is 6.04 Å². The van der Waals surface area contributed by atoms with E-state index in [9.17, 15) is 4.79 Å². The van der Waals surface area contributed by atoms with E-state index in [4.69, 9.17) is 16.6 Å². The molecule has 0 aromatic rings. The average molecular weight is 133 g/mol. The first-order chi connectivity index (χ1) is 4.18. The molecular weight excluding hydrogens is 121 g/mol. The third-order valence-corrected chi connectivity index (χ3v) is 1.04. The molecule has 0 aromatic carbocycles. The van der Waals surface area contributed by atoms with Crippen molar-refractivity contribution in [1.82, 2.24) is 0 Å². The molecule has 0 amide bonds. The van der Waals surface area contributed by atoms with Gasteiger partial charge in [0.2, 0.25) is 0 Å². The third kappa shape index (κ3) is 3.93. The fraction of sp³-hybridized carbons (Fsp3) is 0.800. The molecule has 0 radical (unpaired) electrons. The first kappa shape index (κ1) is 8.39. The van der Waals surface area contributed by atoms with E-state index in [-0.39, 0.29) is 0 Å². The van der Waals surface area contributed by atoms with Gasteiger partial charge < -0.3 is 16.6 Å². The second-order valence-corrected chi connectivity index (χ2v) is 1.88. The molecule has 0 unspecified atom stereocenters. The summed E-state index contributed by atoms with van der Waals surface area (Å²) in [6.07, 6.45) is 1.14. The van der Waals surface area contributed by atoms with E-state index >= 15 is 0 Å². The molecule has 0 spiro atoms. The van der Waals surface area contributed by atoms with E-state index in [1.807, 2.05) is 0 Å². The Balaban J connectivity index is 3.27. The molecule has 0 fully saturated rings. The third-order valence-electron chi connectivity index (χ3n) is 1.04. The van der Waals surface area contributed by atoms with E-state index in [0.717, 1.165) is 0 Å². The number of hydrogen-bond donors (Lipinski definition) is 3. The Morgan fingerprint density at radius 3 is 2.56 bits per heavy atom. The molecule has 0 heterocycles. The lowest BCUT2D eigenvalue weighted by molar-refractivity contribution is -0.138. The van der Waals surface area contributed by atoms with Crippen LogP contribution in [-0.4, -0.2) is 23.7 Å². The van der Waals surface area contributed by atoms with Crippen molar-refractivity contribution < 1.29 is 9.90 Å². The lowest BCUT2D eigenvalue weighted by Crippen LogP contribution is -2.30. The normalized spacial score (nSPS) is 13.1. The van der Waals surface area contributed by atoms with Gasteiger partial charge in [-0.15, -0.1) is 0 Å². The van der Waals surface area contributed by atoms with Crippen molar-refractivity contribution in [2.45, 2.75) is 18.9 Å². The minimum atomic E-state index is -0.955. The van der Waals surface area contributed by atoms with Gasteiger partial charge in [-0.3, -0.25) is 4.79 Å². The van der Waals surface area contributed by atoms with Crippen LogP contribution in [0.3, 0.4) is 0 Å². The van der Waals surface area contributed by atoms with E-state index in [2.05, 4.69) is 0 Å². The van der Waals surface area contributed by atoms with Crippen LogP contribution in [0.15, 0.2) is 0 Å². The standard InChI is InChI=1S/C5H12N2O2/c6-3-1-2-4(7)5(8)9/h4H,1-3,6-7H2,(H,8,9)/t4-/m0/s1/i3+1. The number of rotatable bonds is 4. The zero-order chi connectivity index (χ0) is 7.28. The van der Waals surface area contributed by atoms with E-state index < -0.39 is 12.0 Å². The van der Waals surface area contributed by atoms with Crippen molar-refractivity contribution in [1.29, 1.82) is 0 Å². The van der Waals surface area contributed by atoms with Crippen LogP contribution in [0.4, 0.5) is 0 Å². The molecule has 1 atom stereocenters. The summed E-state index contributed by atoms with van der Waals surface area (Å²) < 4.78 is 0. The predicted molar refractivity (Wildman–Crippen MR) is 33.9 cm³/mol. The number of hydrogen-bond acceptors (Lipinski definition) is 3. The quantitative estimate of drug-likeness (QED) is 0.435. The van der Waals surface area contributed by atoms with Crippen LogP contribution in [-0.2, 0) is 4.79 Å². The molecule has 0 bridgehead atoms. The monoisotopic (exact) mass is 133 g/mol. The summed E-state index contributed by atoms with van der Waals surface area (Å²) in [6.45, 7) is 0.501. The molecule has 5 N–H and O–H groups in total. The summed E-state index contributed by atoms with van der Waals surface area (Å²) in [6, 6.07) is -0.742. The molecule has 0 aliphatic rings. The molecule has 0 aliphatic heterocycles. The first-order valence-electron chi connectivity index (χ1n) is 2.87. The second-order valence-electron chi connectivity index (χ2n) is 1.88. The van der Waals surface area contributed by atoms with Crippen LogP contribution < -0.4 is 11.5 Å². The van der Waals surface area contributed by atoms with Crippen LogP contribution in [0.2, 0.25) is 0 Å². The summed E-state index contributed by atoms with van der Waals surface area (Å²) in [5.74, 6) is -0.955. The zero-order valence-corrected chi connectivity index (χ0v) is 5.21. The minimum absolute atomic E-state index is 0.464. The van der Waals surface area contributed by atoms with Crippen molar-refractivity contribution in [2.24, 2.45) is 11.5 Å². The molecule has 0 rings (SSSR count). The van der Waals surface area contributed by atoms with Crippen LogP contribution >= 0.6 is 0 Å². The summed E-state index contributed by atoms with van der Waals surface area (Å²) in [5.41, 5.74) is 10.3. The molecule has 54 valence electrons. The maximum Gasteiger partial charge on any atom is 0.320 e. The van der Waals surface area contributed by atoms with Crippen molar-refractivity contribution in [3.63, 3.8) is 0 Å². The van der Waals surface area contributed by atoms with Crippen LogP contribution in [0.5, 0.6) is 0 Å². The van der Waals surface area contributed by atoms with Crippen LogP contribution in [0, 0.1) is 0 Å². The zero-order valence-electron chi connectivity index (χ0n) is 5.21. The Bertz CT molecular complexity index is 95.0. The summed E-state index contributed by atoms with van der Waals surface area (Å²) in [5, 5.41) is 8.24. The van der Waals surface area contributed by atoms with Gasteiger partial charge in [0.15, 0.2) is 0 Å². The van der Waals surface area contributed by atoms with E-state index in [1.165, 1.54) is 0 Å². The number of carboxylic acids is 1. The van der Waals surface area contributed by atoms with Crippen LogP contribution in [0.1, 0.15) is 12.8 Å². The molecule has 0 saturated carbocycles. The molecular formula is C5H12N2O2. The smallest absolute Gasteiger partial charge is 0.320 e. The highest BCUT2D eigenvalue weighted by Gasteiger charge is 2.08. The molecule has 0 aliphatic carbocycles. The van der Waals surface area contributed by atoms with Crippen molar-refractivity contribution in [3.05, 3.63) is 0 Å². The van der Waals surface area contributed by atoms with Gasteiger partial charge in [-0.1, -0.05) is 0 Å². The molecule has 4 heteroatoms. The number of nitrogens with two attached hydrogens (primary N) is 2. The van der Waals surface area contributed by atoms with Gasteiger partial charge in [0, 0.05) is 0 Å². The maximum absolute atomic E-state index is 10.0. The molecule has 0 saturated heterocycles. The summed E-state index contributed by atoms with van der Waals surface area (Å²) in [7, 11) is 0. The van der Waals surface area contributed by atoms with E-state index in [1.54, 1.807) is 0 Å². The van der Waals surface area contributed by atoms with Gasteiger partial charge >= 0.3 is 5.97 Å². The predicted octanol–water partition coefficient (Wildman–Crippen LogP) is -0.863. The molecule has 4 nitrogen and oxygen atoms in total. The van der Waals surface area contributed by atoms with Gasteiger partial charge in [-0.05, 0) is 19.4 Å². The Morgan fingerprint density at radius 1 is 1.67 bits per heavy atom. The van der Waals surface area contributed by atoms with Crippen molar-refractivity contribution in [3.8, 4) is 0 Å². The van der Waals surface area contributed by atoms with Gasteiger partial charge in [-0.2, -0.15) is 0 Å².